The second-order valence-electron chi connectivity index (χ2n) is 8.57. The molecule has 3 aromatic carbocycles. The van der Waals surface area contributed by atoms with Crippen LogP contribution in [-0.4, -0.2) is 38.8 Å². The molecule has 0 spiro atoms. The van der Waals surface area contributed by atoms with Gasteiger partial charge in [-0.25, -0.2) is 12.8 Å². The van der Waals surface area contributed by atoms with Gasteiger partial charge in [-0.2, -0.15) is 9.57 Å². The van der Waals surface area contributed by atoms with Gasteiger partial charge in [-0.05, 0) is 72.3 Å². The maximum Gasteiger partial charge on any atom is 0.573 e. The van der Waals surface area contributed by atoms with Gasteiger partial charge >= 0.3 is 6.36 Å². The summed E-state index contributed by atoms with van der Waals surface area (Å²) in [6.07, 6.45) is -3.68. The van der Waals surface area contributed by atoms with Gasteiger partial charge in [-0.1, -0.05) is 12.1 Å². The van der Waals surface area contributed by atoms with Crippen molar-refractivity contribution >= 4 is 10.0 Å². The average molecular weight is 578 g/mol. The predicted octanol–water partition coefficient (Wildman–Crippen LogP) is 5.22. The lowest BCUT2D eigenvalue weighted by atomic mass is 10.1. The summed E-state index contributed by atoms with van der Waals surface area (Å²) in [6.45, 7) is 0.108. The van der Waals surface area contributed by atoms with Crippen LogP contribution in [0.25, 0.3) is 0 Å². The Bertz CT molecular complexity index is 1490. The van der Waals surface area contributed by atoms with E-state index in [-0.39, 0.29) is 31.0 Å². The molecule has 13 heteroatoms. The van der Waals surface area contributed by atoms with Crippen LogP contribution in [0.5, 0.6) is 11.5 Å². The Balaban J connectivity index is 1.40. The van der Waals surface area contributed by atoms with Crippen molar-refractivity contribution in [3.8, 4) is 17.6 Å². The molecule has 0 saturated heterocycles. The van der Waals surface area contributed by atoms with E-state index in [0.29, 0.717) is 22.6 Å². The first-order chi connectivity index (χ1) is 19.0. The molecule has 1 unspecified atom stereocenters. The smallest absolute Gasteiger partial charge is 0.490 e. The van der Waals surface area contributed by atoms with Gasteiger partial charge in [0.15, 0.2) is 0 Å². The van der Waals surface area contributed by atoms with E-state index < -0.39 is 34.1 Å². The molecule has 8 nitrogen and oxygen atoms in total. The molecule has 1 N–H and O–H groups in total. The molecule has 0 radical (unpaired) electrons. The monoisotopic (exact) mass is 577 g/mol. The Morgan fingerprint density at radius 3 is 2.35 bits per heavy atom. The van der Waals surface area contributed by atoms with Gasteiger partial charge in [0.2, 0.25) is 10.0 Å². The van der Waals surface area contributed by atoms with Gasteiger partial charge in [-0.15, -0.1) is 13.2 Å². The number of alkyl halides is 3. The largest absolute Gasteiger partial charge is 0.573 e. The van der Waals surface area contributed by atoms with E-state index in [4.69, 9.17) is 9.57 Å². The van der Waals surface area contributed by atoms with Crippen molar-refractivity contribution < 1.29 is 40.3 Å². The second-order valence-corrected chi connectivity index (χ2v) is 10.5. The number of sulfonamides is 1. The highest BCUT2D eigenvalue weighted by molar-refractivity contribution is 7.89. The minimum absolute atomic E-state index is 0.00447. The first kappa shape index (κ1) is 28.9. The van der Waals surface area contributed by atoms with E-state index in [1.807, 2.05) is 0 Å². The van der Waals surface area contributed by atoms with Crippen LogP contribution in [0, 0.1) is 17.1 Å². The van der Waals surface area contributed by atoms with Crippen LogP contribution in [0.1, 0.15) is 23.7 Å². The lowest BCUT2D eigenvalue weighted by molar-refractivity contribution is -0.274. The fourth-order valence-corrected chi connectivity index (χ4v) is 5.16. The number of benzene rings is 3. The molecule has 1 aliphatic heterocycles. The van der Waals surface area contributed by atoms with Crippen molar-refractivity contribution in [2.45, 2.75) is 23.8 Å². The summed E-state index contributed by atoms with van der Waals surface area (Å²) in [5, 5.41) is 9.26. The average Bonchev–Trinajstić information content (AvgIpc) is 2.93. The van der Waals surface area contributed by atoms with Gasteiger partial charge in [0.05, 0.1) is 16.5 Å². The molecule has 1 heterocycles. The molecule has 210 valence electrons. The highest BCUT2D eigenvalue weighted by Gasteiger charge is 2.32. The normalized spacial score (nSPS) is 15.0. The van der Waals surface area contributed by atoms with E-state index in [9.17, 15) is 31.2 Å². The number of hydroxylamine groups is 1. The van der Waals surface area contributed by atoms with Gasteiger partial charge in [0, 0.05) is 25.2 Å². The first-order valence-corrected chi connectivity index (χ1v) is 13.3. The number of nitrogens with one attached hydrogen (secondary N) is 1. The number of hydrogen-bond donors (Lipinski definition) is 1. The summed E-state index contributed by atoms with van der Waals surface area (Å²) < 4.78 is 87.0. The summed E-state index contributed by atoms with van der Waals surface area (Å²) in [5.41, 5.74) is 4.50. The number of hydrogen-bond acceptors (Lipinski definition) is 7. The van der Waals surface area contributed by atoms with Crippen molar-refractivity contribution in [1.29, 1.82) is 5.26 Å². The summed E-state index contributed by atoms with van der Waals surface area (Å²) in [6, 6.07) is 18.3. The molecule has 4 rings (SSSR count). The van der Waals surface area contributed by atoms with E-state index in [1.165, 1.54) is 28.6 Å². The predicted molar refractivity (Wildman–Crippen MR) is 135 cm³/mol. The van der Waals surface area contributed by atoms with E-state index in [1.54, 1.807) is 30.3 Å². The molecular formula is C27H23F4N3O5S. The Morgan fingerprint density at radius 1 is 1.02 bits per heavy atom. The minimum atomic E-state index is -4.88. The summed E-state index contributed by atoms with van der Waals surface area (Å²) in [7, 11) is -3.96. The maximum absolute atomic E-state index is 13.2. The van der Waals surface area contributed by atoms with Crippen LogP contribution in [0.2, 0.25) is 0 Å². The minimum Gasteiger partial charge on any atom is -0.490 e. The fourth-order valence-electron chi connectivity index (χ4n) is 3.78. The van der Waals surface area contributed by atoms with Crippen LogP contribution in [0.15, 0.2) is 89.5 Å². The Hall–Kier alpha value is -4.12. The highest BCUT2D eigenvalue weighted by Crippen LogP contribution is 2.27. The third-order valence-corrected chi connectivity index (χ3v) is 7.68. The number of halogens is 4. The van der Waals surface area contributed by atoms with Crippen molar-refractivity contribution in [1.82, 2.24) is 9.79 Å². The van der Waals surface area contributed by atoms with Crippen molar-refractivity contribution in [3.05, 3.63) is 102 Å². The van der Waals surface area contributed by atoms with E-state index in [0.717, 1.165) is 24.3 Å². The Morgan fingerprint density at radius 2 is 1.73 bits per heavy atom. The molecule has 1 atom stereocenters. The number of rotatable bonds is 10. The van der Waals surface area contributed by atoms with Crippen molar-refractivity contribution in [2.75, 3.05) is 19.7 Å². The highest BCUT2D eigenvalue weighted by atomic mass is 32.2. The van der Waals surface area contributed by atoms with Gasteiger partial charge in [0.1, 0.15) is 30.0 Å². The van der Waals surface area contributed by atoms with Crippen LogP contribution < -0.4 is 15.0 Å². The topological polar surface area (TPSA) is 101 Å². The third kappa shape index (κ3) is 7.72. The molecular weight excluding hydrogens is 554 g/mol. The van der Waals surface area contributed by atoms with Crippen LogP contribution in [0.4, 0.5) is 17.6 Å². The molecule has 40 heavy (non-hydrogen) atoms. The Kier molecular flexibility index (Phi) is 8.93. The zero-order valence-electron chi connectivity index (χ0n) is 20.8. The SMILES string of the molecule is N#Cc1cccc(C(COc2ccc(F)cc2)ONC2=CCN(S(=O)(=O)c3ccc(OC(F)(F)F)cc3)CC2)c1. The molecule has 3 aromatic rings. The zero-order valence-corrected chi connectivity index (χ0v) is 21.6. The van der Waals surface area contributed by atoms with Crippen LogP contribution >= 0.6 is 0 Å². The van der Waals surface area contributed by atoms with Crippen molar-refractivity contribution in [2.24, 2.45) is 0 Å². The second kappa shape index (κ2) is 12.4. The van der Waals surface area contributed by atoms with Gasteiger partial charge < -0.3 is 9.47 Å². The van der Waals surface area contributed by atoms with E-state index >= 15 is 0 Å². The molecule has 1 aliphatic rings. The zero-order chi connectivity index (χ0) is 28.8. The third-order valence-electron chi connectivity index (χ3n) is 5.80. The molecule has 0 aromatic heterocycles. The first-order valence-electron chi connectivity index (χ1n) is 11.9. The molecule has 0 fully saturated rings. The summed E-state index contributed by atoms with van der Waals surface area (Å²) in [5.74, 6) is -0.509. The summed E-state index contributed by atoms with van der Waals surface area (Å²) in [4.78, 5) is 5.70. The quantitative estimate of drug-likeness (QED) is 0.261. The number of ether oxygens (including phenoxy) is 2. The molecule has 0 aliphatic carbocycles. The van der Waals surface area contributed by atoms with Crippen molar-refractivity contribution in [3.63, 3.8) is 0 Å². The lowest BCUT2D eigenvalue weighted by Crippen LogP contribution is -2.37. The van der Waals surface area contributed by atoms with Gasteiger partial charge in [0.25, 0.3) is 0 Å². The standard InChI is InChI=1S/C27H23F4N3O5S/c28-21-4-6-23(7-5-21)37-18-26(20-3-1-2-19(16-20)17-32)39-33-22-12-14-34(15-13-22)40(35,36)25-10-8-24(9-11-25)38-27(29,30)31/h1-12,16,26,33H,13-15,18H2. The summed E-state index contributed by atoms with van der Waals surface area (Å²) >= 11 is 0. The number of nitriles is 1. The maximum atomic E-state index is 13.2. The molecule has 0 saturated carbocycles. The van der Waals surface area contributed by atoms with E-state index in [2.05, 4.69) is 16.3 Å². The molecule has 0 bridgehead atoms. The fraction of sp³-hybridized carbons (Fsp3) is 0.222. The lowest BCUT2D eigenvalue weighted by Gasteiger charge is -2.27. The van der Waals surface area contributed by atoms with Crippen LogP contribution in [0.3, 0.4) is 0 Å². The number of nitrogens with zero attached hydrogens (tertiary/aromatic N) is 2. The molecule has 0 amide bonds. The van der Waals surface area contributed by atoms with Crippen LogP contribution in [-0.2, 0) is 14.9 Å². The van der Waals surface area contributed by atoms with Gasteiger partial charge in [-0.3, -0.25) is 10.3 Å². The Labute approximate surface area is 228 Å².